The van der Waals surface area contributed by atoms with E-state index in [0.29, 0.717) is 35.7 Å². The molecule has 2 rings (SSSR count). The van der Waals surface area contributed by atoms with Gasteiger partial charge in [0, 0.05) is 24.6 Å². The van der Waals surface area contributed by atoms with E-state index in [2.05, 4.69) is 47.3 Å². The smallest absolute Gasteiger partial charge is 0.452 e. The zero-order chi connectivity index (χ0) is 24.8. The molecule has 0 fully saturated rings. The second kappa shape index (κ2) is 11.7. The first-order valence-electron chi connectivity index (χ1n) is 11.1. The Labute approximate surface area is 197 Å². The van der Waals surface area contributed by atoms with Gasteiger partial charge in [0.15, 0.2) is 0 Å². The van der Waals surface area contributed by atoms with E-state index in [-0.39, 0.29) is 23.4 Å². The monoisotopic (exact) mass is 486 g/mol. The SMILES string of the molecule is CCOC(=O)CC(C)c1ccc(N(CC(C)C)CC(C)C)c(Nc2nc(C(F)(F)F)ns2)c1. The van der Waals surface area contributed by atoms with Crippen LogP contribution in [0.1, 0.15) is 65.3 Å². The van der Waals surface area contributed by atoms with Crippen molar-refractivity contribution in [3.8, 4) is 0 Å². The largest absolute Gasteiger partial charge is 0.466 e. The van der Waals surface area contributed by atoms with Gasteiger partial charge in [0.1, 0.15) is 0 Å². The van der Waals surface area contributed by atoms with Crippen LogP contribution in [0, 0.1) is 11.8 Å². The fourth-order valence-electron chi connectivity index (χ4n) is 3.48. The Morgan fingerprint density at radius 2 is 1.79 bits per heavy atom. The molecule has 0 aliphatic heterocycles. The van der Waals surface area contributed by atoms with Gasteiger partial charge in [-0.3, -0.25) is 4.79 Å². The van der Waals surface area contributed by atoms with Crippen molar-refractivity contribution >= 4 is 34.0 Å². The van der Waals surface area contributed by atoms with E-state index < -0.39 is 12.0 Å². The van der Waals surface area contributed by atoms with E-state index in [1.54, 1.807) is 6.92 Å². The van der Waals surface area contributed by atoms with Crippen molar-refractivity contribution in [2.45, 2.75) is 60.1 Å². The molecule has 0 amide bonds. The molecule has 1 atom stereocenters. The van der Waals surface area contributed by atoms with Crippen LogP contribution in [0.4, 0.5) is 29.7 Å². The summed E-state index contributed by atoms with van der Waals surface area (Å²) in [5.74, 6) is -0.800. The third-order valence-corrected chi connectivity index (χ3v) is 5.43. The third-order valence-electron chi connectivity index (χ3n) is 4.80. The molecule has 1 heterocycles. The molecule has 184 valence electrons. The van der Waals surface area contributed by atoms with Gasteiger partial charge in [0.2, 0.25) is 11.0 Å². The van der Waals surface area contributed by atoms with Crippen LogP contribution in [0.25, 0.3) is 0 Å². The average molecular weight is 487 g/mol. The van der Waals surface area contributed by atoms with E-state index >= 15 is 0 Å². The number of aromatic nitrogens is 2. The van der Waals surface area contributed by atoms with Gasteiger partial charge in [0.05, 0.1) is 24.4 Å². The molecule has 1 unspecified atom stereocenters. The maximum Gasteiger partial charge on any atom is 0.452 e. The molecule has 1 aromatic carbocycles. The van der Waals surface area contributed by atoms with E-state index in [1.165, 1.54) is 0 Å². The highest BCUT2D eigenvalue weighted by Crippen LogP contribution is 2.36. The molecule has 10 heteroatoms. The van der Waals surface area contributed by atoms with Crippen LogP contribution in [0.15, 0.2) is 18.2 Å². The van der Waals surface area contributed by atoms with Crippen LogP contribution in [0.2, 0.25) is 0 Å². The molecule has 0 radical (unpaired) electrons. The number of rotatable bonds is 11. The van der Waals surface area contributed by atoms with Crippen molar-refractivity contribution < 1.29 is 22.7 Å². The summed E-state index contributed by atoms with van der Waals surface area (Å²) in [6.45, 7) is 14.1. The Morgan fingerprint density at radius 3 is 2.30 bits per heavy atom. The van der Waals surface area contributed by atoms with Gasteiger partial charge >= 0.3 is 12.1 Å². The van der Waals surface area contributed by atoms with Crippen molar-refractivity contribution in [1.82, 2.24) is 9.36 Å². The molecule has 2 aromatic rings. The van der Waals surface area contributed by atoms with Crippen LogP contribution < -0.4 is 10.2 Å². The molecule has 0 spiro atoms. The fraction of sp³-hybridized carbons (Fsp3) is 0.609. The van der Waals surface area contributed by atoms with E-state index in [9.17, 15) is 18.0 Å². The summed E-state index contributed by atoms with van der Waals surface area (Å²) in [4.78, 5) is 17.8. The maximum absolute atomic E-state index is 13.0. The minimum absolute atomic E-state index is 0.0628. The number of halogens is 3. The summed E-state index contributed by atoms with van der Waals surface area (Å²) in [5.41, 5.74) is 2.38. The number of ether oxygens (including phenoxy) is 1. The standard InChI is InChI=1S/C23H33F3N4O2S/c1-7-32-20(31)10-16(6)17-8-9-19(30(12-14(2)3)13-15(4)5)18(11-17)27-22-28-21(29-33-22)23(24,25)26/h8-9,11,14-16H,7,10,12-13H2,1-6H3,(H,27,28,29). The number of carbonyl (C=O) groups is 1. The average Bonchev–Trinajstić information content (AvgIpc) is 3.16. The molecule has 1 aromatic heterocycles. The third kappa shape index (κ3) is 8.17. The molecule has 0 aliphatic rings. The first-order valence-corrected chi connectivity index (χ1v) is 11.9. The lowest BCUT2D eigenvalue weighted by Crippen LogP contribution is -2.31. The normalized spacial score (nSPS) is 12.8. The van der Waals surface area contributed by atoms with E-state index in [4.69, 9.17) is 4.74 Å². The summed E-state index contributed by atoms with van der Waals surface area (Å²) in [6, 6.07) is 5.79. The van der Waals surface area contributed by atoms with Gasteiger partial charge in [-0.15, -0.1) is 0 Å². The zero-order valence-corrected chi connectivity index (χ0v) is 20.8. The van der Waals surface area contributed by atoms with Crippen molar-refractivity contribution in [1.29, 1.82) is 0 Å². The number of hydrogen-bond acceptors (Lipinski definition) is 7. The predicted octanol–water partition coefficient (Wildman–Crippen LogP) is 6.48. The zero-order valence-electron chi connectivity index (χ0n) is 20.0. The molecular formula is C23H33F3N4O2S. The highest BCUT2D eigenvalue weighted by molar-refractivity contribution is 7.09. The summed E-state index contributed by atoms with van der Waals surface area (Å²) < 4.78 is 47.5. The number of esters is 1. The predicted molar refractivity (Wildman–Crippen MR) is 126 cm³/mol. The number of alkyl halides is 3. The summed E-state index contributed by atoms with van der Waals surface area (Å²) in [6.07, 6.45) is -4.39. The second-order valence-electron chi connectivity index (χ2n) is 8.93. The first-order chi connectivity index (χ1) is 15.4. The number of nitrogens with one attached hydrogen (secondary N) is 1. The molecule has 1 N–H and O–H groups in total. The Bertz CT molecular complexity index is 905. The quantitative estimate of drug-likeness (QED) is 0.367. The fourth-order valence-corrected chi connectivity index (χ4v) is 4.08. The Balaban J connectivity index is 2.44. The Kier molecular flexibility index (Phi) is 9.51. The Morgan fingerprint density at radius 1 is 1.15 bits per heavy atom. The summed E-state index contributed by atoms with van der Waals surface area (Å²) in [7, 11) is 0. The summed E-state index contributed by atoms with van der Waals surface area (Å²) >= 11 is 0.666. The lowest BCUT2D eigenvalue weighted by atomic mass is 9.96. The van der Waals surface area contributed by atoms with Gasteiger partial charge in [-0.05, 0) is 42.4 Å². The molecule has 33 heavy (non-hydrogen) atoms. The number of benzene rings is 1. The van der Waals surface area contributed by atoms with Gasteiger partial charge in [-0.2, -0.15) is 22.5 Å². The minimum atomic E-state index is -4.60. The molecule has 0 saturated heterocycles. The van der Waals surface area contributed by atoms with E-state index in [1.807, 2.05) is 25.1 Å². The van der Waals surface area contributed by atoms with Gasteiger partial charge in [-0.1, -0.05) is 40.7 Å². The van der Waals surface area contributed by atoms with Crippen LogP contribution in [-0.4, -0.2) is 35.0 Å². The number of anilines is 3. The van der Waals surface area contributed by atoms with Gasteiger partial charge in [-0.25, -0.2) is 0 Å². The lowest BCUT2D eigenvalue weighted by molar-refractivity contribution is -0.144. The Hall–Kier alpha value is -2.36. The van der Waals surface area contributed by atoms with Crippen molar-refractivity contribution in [3.05, 3.63) is 29.6 Å². The van der Waals surface area contributed by atoms with Crippen LogP contribution in [0.5, 0.6) is 0 Å². The summed E-state index contributed by atoms with van der Waals surface area (Å²) in [5, 5.41) is 3.12. The van der Waals surface area contributed by atoms with Crippen LogP contribution in [0.3, 0.4) is 0 Å². The van der Waals surface area contributed by atoms with Crippen LogP contribution >= 0.6 is 11.5 Å². The number of hydrogen-bond donors (Lipinski definition) is 1. The molecule has 0 saturated carbocycles. The highest BCUT2D eigenvalue weighted by Gasteiger charge is 2.36. The minimum Gasteiger partial charge on any atom is -0.466 e. The highest BCUT2D eigenvalue weighted by atomic mass is 32.1. The lowest BCUT2D eigenvalue weighted by Gasteiger charge is -2.31. The van der Waals surface area contributed by atoms with Crippen molar-refractivity contribution in [2.24, 2.45) is 11.8 Å². The van der Waals surface area contributed by atoms with Crippen LogP contribution in [-0.2, 0) is 15.7 Å². The van der Waals surface area contributed by atoms with Gasteiger partial charge in [0.25, 0.3) is 0 Å². The maximum atomic E-state index is 13.0. The molecule has 0 aliphatic carbocycles. The number of carbonyl (C=O) groups excluding carboxylic acids is 1. The number of nitrogens with zero attached hydrogens (tertiary/aromatic N) is 3. The molecule has 6 nitrogen and oxygen atoms in total. The van der Waals surface area contributed by atoms with Crippen molar-refractivity contribution in [3.63, 3.8) is 0 Å². The van der Waals surface area contributed by atoms with Gasteiger partial charge < -0.3 is 15.0 Å². The second-order valence-corrected chi connectivity index (χ2v) is 9.68. The van der Waals surface area contributed by atoms with E-state index in [0.717, 1.165) is 24.3 Å². The molecule has 0 bridgehead atoms. The first kappa shape index (κ1) is 26.9. The molecular weight excluding hydrogens is 453 g/mol. The topological polar surface area (TPSA) is 67.3 Å². The van der Waals surface area contributed by atoms with Crippen molar-refractivity contribution in [2.75, 3.05) is 29.9 Å².